The van der Waals surface area contributed by atoms with Crippen molar-refractivity contribution in [3.8, 4) is 5.75 Å². The normalized spacial score (nSPS) is 10.4. The van der Waals surface area contributed by atoms with Gasteiger partial charge in [-0.05, 0) is 65.2 Å². The summed E-state index contributed by atoms with van der Waals surface area (Å²) < 4.78 is 6.51. The summed E-state index contributed by atoms with van der Waals surface area (Å²) >= 11 is 9.70. The van der Waals surface area contributed by atoms with Crippen molar-refractivity contribution in [1.82, 2.24) is 0 Å². The van der Waals surface area contributed by atoms with Gasteiger partial charge in [-0.1, -0.05) is 23.7 Å². The van der Waals surface area contributed by atoms with E-state index in [0.29, 0.717) is 6.61 Å². The summed E-state index contributed by atoms with van der Waals surface area (Å²) in [6, 6.07) is 12.0. The molecule has 106 valence electrons. The molecule has 20 heavy (non-hydrogen) atoms. The summed E-state index contributed by atoms with van der Waals surface area (Å²) in [5.41, 5.74) is 3.21. The van der Waals surface area contributed by atoms with Crippen LogP contribution >= 0.6 is 27.5 Å². The van der Waals surface area contributed by atoms with Gasteiger partial charge < -0.3 is 10.1 Å². The van der Waals surface area contributed by atoms with Crippen molar-refractivity contribution in [2.24, 2.45) is 0 Å². The Labute approximate surface area is 133 Å². The molecule has 0 aromatic heterocycles. The van der Waals surface area contributed by atoms with E-state index in [1.165, 1.54) is 5.56 Å². The molecule has 2 rings (SSSR count). The Morgan fingerprint density at radius 3 is 2.80 bits per heavy atom. The van der Waals surface area contributed by atoms with Crippen LogP contribution in [0.3, 0.4) is 0 Å². The minimum Gasteiger partial charge on any atom is -0.494 e. The molecule has 0 saturated carbocycles. The van der Waals surface area contributed by atoms with Crippen molar-refractivity contribution < 1.29 is 4.74 Å². The van der Waals surface area contributed by atoms with Crippen LogP contribution in [0.5, 0.6) is 5.75 Å². The maximum absolute atomic E-state index is 6.15. The van der Waals surface area contributed by atoms with E-state index in [1.807, 2.05) is 44.2 Å². The largest absolute Gasteiger partial charge is 0.494 e. The predicted molar refractivity (Wildman–Crippen MR) is 88.8 cm³/mol. The highest BCUT2D eigenvalue weighted by atomic mass is 79.9. The minimum atomic E-state index is 0.677. The van der Waals surface area contributed by atoms with Crippen LogP contribution in [0, 0.1) is 6.92 Å². The second-order valence-corrected chi connectivity index (χ2v) is 5.78. The second-order valence-electron chi connectivity index (χ2n) is 4.52. The molecule has 2 aromatic rings. The monoisotopic (exact) mass is 353 g/mol. The van der Waals surface area contributed by atoms with E-state index < -0.39 is 0 Å². The van der Waals surface area contributed by atoms with Crippen LogP contribution in [0.1, 0.15) is 18.1 Å². The third-order valence-corrected chi connectivity index (χ3v) is 4.00. The molecule has 0 amide bonds. The van der Waals surface area contributed by atoms with E-state index in [0.717, 1.165) is 33.0 Å². The van der Waals surface area contributed by atoms with E-state index in [-0.39, 0.29) is 0 Å². The maximum atomic E-state index is 6.15. The van der Waals surface area contributed by atoms with Gasteiger partial charge in [0.1, 0.15) is 5.75 Å². The number of benzene rings is 2. The average molecular weight is 355 g/mol. The van der Waals surface area contributed by atoms with Crippen molar-refractivity contribution in [1.29, 1.82) is 0 Å². The Kier molecular flexibility index (Phi) is 5.32. The van der Waals surface area contributed by atoms with Crippen molar-refractivity contribution in [3.05, 3.63) is 57.0 Å². The van der Waals surface area contributed by atoms with E-state index in [4.69, 9.17) is 16.3 Å². The first-order chi connectivity index (χ1) is 9.60. The van der Waals surface area contributed by atoms with E-state index >= 15 is 0 Å². The number of hydrogen-bond acceptors (Lipinski definition) is 2. The first-order valence-electron chi connectivity index (χ1n) is 6.51. The summed E-state index contributed by atoms with van der Waals surface area (Å²) in [5, 5.41) is 4.14. The highest BCUT2D eigenvalue weighted by Gasteiger charge is 2.04. The molecular weight excluding hydrogens is 338 g/mol. The van der Waals surface area contributed by atoms with Crippen molar-refractivity contribution in [2.75, 3.05) is 11.9 Å². The number of hydrogen-bond donors (Lipinski definition) is 1. The Hall–Kier alpha value is -1.19. The fraction of sp³-hybridized carbons (Fsp3) is 0.250. The minimum absolute atomic E-state index is 0.677. The first kappa shape index (κ1) is 15.2. The van der Waals surface area contributed by atoms with Gasteiger partial charge in [0.25, 0.3) is 0 Å². The highest BCUT2D eigenvalue weighted by molar-refractivity contribution is 9.10. The van der Waals surface area contributed by atoms with Gasteiger partial charge in [0, 0.05) is 16.0 Å². The molecule has 0 spiro atoms. The summed E-state index contributed by atoms with van der Waals surface area (Å²) in [7, 11) is 0. The molecule has 0 unspecified atom stereocenters. The first-order valence-corrected chi connectivity index (χ1v) is 7.68. The Morgan fingerprint density at radius 2 is 2.05 bits per heavy atom. The SMILES string of the molecule is CCOc1cccc(CNc2cc(Cl)c(C)cc2Br)c1. The molecule has 4 heteroatoms. The molecule has 0 bridgehead atoms. The molecule has 0 fully saturated rings. The highest BCUT2D eigenvalue weighted by Crippen LogP contribution is 2.29. The standard InChI is InChI=1S/C16H17BrClNO/c1-3-20-13-6-4-5-12(8-13)10-19-16-9-15(18)11(2)7-14(16)17/h4-9,19H,3,10H2,1-2H3. The lowest BCUT2D eigenvalue weighted by Gasteiger charge is -2.11. The molecule has 0 heterocycles. The van der Waals surface area contributed by atoms with Crippen LogP contribution in [-0.4, -0.2) is 6.61 Å². The fourth-order valence-electron chi connectivity index (χ4n) is 1.89. The Bertz CT molecular complexity index is 601. The van der Waals surface area contributed by atoms with Gasteiger partial charge in [0.05, 0.1) is 12.3 Å². The van der Waals surface area contributed by atoms with Gasteiger partial charge in [0.2, 0.25) is 0 Å². The average Bonchev–Trinajstić information content (AvgIpc) is 2.42. The summed E-state index contributed by atoms with van der Waals surface area (Å²) in [5.74, 6) is 0.896. The van der Waals surface area contributed by atoms with Crippen LogP contribution in [-0.2, 0) is 6.54 Å². The van der Waals surface area contributed by atoms with Gasteiger partial charge in [-0.25, -0.2) is 0 Å². The van der Waals surface area contributed by atoms with Gasteiger partial charge in [-0.3, -0.25) is 0 Å². The maximum Gasteiger partial charge on any atom is 0.119 e. The molecule has 0 atom stereocenters. The fourth-order valence-corrected chi connectivity index (χ4v) is 2.65. The van der Waals surface area contributed by atoms with Crippen LogP contribution in [0.2, 0.25) is 5.02 Å². The number of nitrogens with one attached hydrogen (secondary N) is 1. The molecule has 0 aliphatic carbocycles. The van der Waals surface area contributed by atoms with Crippen LogP contribution in [0.15, 0.2) is 40.9 Å². The topological polar surface area (TPSA) is 21.3 Å². The van der Waals surface area contributed by atoms with Gasteiger partial charge >= 0.3 is 0 Å². The van der Waals surface area contributed by atoms with Crippen LogP contribution in [0.4, 0.5) is 5.69 Å². The van der Waals surface area contributed by atoms with E-state index in [9.17, 15) is 0 Å². The lowest BCUT2D eigenvalue weighted by Crippen LogP contribution is -2.01. The molecule has 0 aliphatic heterocycles. The summed E-state index contributed by atoms with van der Waals surface area (Å²) in [6.07, 6.45) is 0. The Morgan fingerprint density at radius 1 is 1.25 bits per heavy atom. The summed E-state index contributed by atoms with van der Waals surface area (Å²) in [4.78, 5) is 0. The molecular formula is C16H17BrClNO. The van der Waals surface area contributed by atoms with E-state index in [2.05, 4.69) is 27.3 Å². The quantitative estimate of drug-likeness (QED) is 0.774. The molecule has 0 saturated heterocycles. The van der Waals surface area contributed by atoms with Crippen molar-refractivity contribution in [3.63, 3.8) is 0 Å². The predicted octanol–water partition coefficient (Wildman–Crippen LogP) is 5.42. The number of halogens is 2. The Balaban J connectivity index is 2.08. The molecule has 2 aromatic carbocycles. The van der Waals surface area contributed by atoms with Gasteiger partial charge in [-0.15, -0.1) is 0 Å². The zero-order chi connectivity index (χ0) is 14.5. The molecule has 2 nitrogen and oxygen atoms in total. The van der Waals surface area contributed by atoms with Gasteiger partial charge in [0.15, 0.2) is 0 Å². The van der Waals surface area contributed by atoms with Crippen LogP contribution in [0.25, 0.3) is 0 Å². The van der Waals surface area contributed by atoms with Gasteiger partial charge in [-0.2, -0.15) is 0 Å². The summed E-state index contributed by atoms with van der Waals surface area (Å²) in [6.45, 7) is 5.37. The zero-order valence-electron chi connectivity index (χ0n) is 11.5. The van der Waals surface area contributed by atoms with Crippen molar-refractivity contribution in [2.45, 2.75) is 20.4 Å². The lowest BCUT2D eigenvalue weighted by molar-refractivity contribution is 0.340. The van der Waals surface area contributed by atoms with E-state index in [1.54, 1.807) is 0 Å². The van der Waals surface area contributed by atoms with Crippen molar-refractivity contribution >= 4 is 33.2 Å². The zero-order valence-corrected chi connectivity index (χ0v) is 13.9. The smallest absolute Gasteiger partial charge is 0.119 e. The third kappa shape index (κ3) is 3.90. The molecule has 0 radical (unpaired) electrons. The number of rotatable bonds is 5. The number of anilines is 1. The molecule has 0 aliphatic rings. The third-order valence-electron chi connectivity index (χ3n) is 2.94. The number of ether oxygens (including phenoxy) is 1. The molecule has 1 N–H and O–H groups in total. The number of aryl methyl sites for hydroxylation is 1. The second kappa shape index (κ2) is 7.00. The lowest BCUT2D eigenvalue weighted by atomic mass is 10.2. The van der Waals surface area contributed by atoms with Crippen LogP contribution < -0.4 is 10.1 Å².